The average Bonchev–Trinajstić information content (AvgIpc) is 3.18. The molecule has 0 amide bonds. The van der Waals surface area contributed by atoms with Crippen LogP contribution in [0.2, 0.25) is 0 Å². The highest BCUT2D eigenvalue weighted by Gasteiger charge is 2.14. The van der Waals surface area contributed by atoms with Crippen LogP contribution in [0.5, 0.6) is 0 Å². The van der Waals surface area contributed by atoms with Crippen LogP contribution in [0, 0.1) is 5.92 Å². The summed E-state index contributed by atoms with van der Waals surface area (Å²) in [5.41, 5.74) is 0. The molecule has 2 heterocycles. The van der Waals surface area contributed by atoms with E-state index in [1.165, 1.54) is 32.5 Å². The van der Waals surface area contributed by atoms with Crippen LogP contribution >= 0.6 is 24.0 Å². The van der Waals surface area contributed by atoms with Crippen molar-refractivity contribution in [2.45, 2.75) is 33.2 Å². The Balaban J connectivity index is 0.00000264. The molecule has 0 bridgehead atoms. The first-order chi connectivity index (χ1) is 10.8. The van der Waals surface area contributed by atoms with E-state index < -0.39 is 0 Å². The second kappa shape index (κ2) is 11.7. The molecule has 2 rings (SSSR count). The first kappa shape index (κ1) is 20.3. The van der Waals surface area contributed by atoms with Gasteiger partial charge in [0.2, 0.25) is 0 Å². The molecule has 1 aromatic heterocycles. The number of nitrogens with one attached hydrogen (secondary N) is 2. The fourth-order valence-electron chi connectivity index (χ4n) is 2.88. The Kier molecular flexibility index (Phi) is 10.3. The third-order valence-electron chi connectivity index (χ3n) is 4.00. The highest BCUT2D eigenvalue weighted by Crippen LogP contribution is 2.10. The van der Waals surface area contributed by atoms with Crippen molar-refractivity contribution in [3.05, 3.63) is 24.5 Å². The normalized spacial score (nSPS) is 16.9. The molecule has 6 heteroatoms. The topological polar surface area (TPSA) is 44.6 Å². The highest BCUT2D eigenvalue weighted by atomic mass is 127. The largest absolute Gasteiger partial charge is 0.357 e. The Morgan fingerprint density at radius 3 is 2.52 bits per heavy atom. The number of guanidine groups is 1. The number of nitrogens with zero attached hydrogens (tertiary/aromatic N) is 3. The van der Waals surface area contributed by atoms with Crippen molar-refractivity contribution >= 4 is 29.9 Å². The van der Waals surface area contributed by atoms with E-state index in [9.17, 15) is 0 Å². The molecule has 1 saturated heterocycles. The molecular weight excluding hydrogens is 401 g/mol. The summed E-state index contributed by atoms with van der Waals surface area (Å²) in [4.78, 5) is 7.29. The van der Waals surface area contributed by atoms with E-state index in [0.717, 1.165) is 32.1 Å². The minimum atomic E-state index is 0. The van der Waals surface area contributed by atoms with Crippen LogP contribution in [-0.4, -0.2) is 54.7 Å². The van der Waals surface area contributed by atoms with Gasteiger partial charge in [-0.3, -0.25) is 4.99 Å². The molecule has 1 aromatic rings. The molecule has 0 spiro atoms. The van der Waals surface area contributed by atoms with Crippen LogP contribution in [0.4, 0.5) is 0 Å². The quantitative estimate of drug-likeness (QED) is 0.376. The summed E-state index contributed by atoms with van der Waals surface area (Å²) in [7, 11) is 0. The maximum absolute atomic E-state index is 4.73. The first-order valence-corrected chi connectivity index (χ1v) is 8.63. The van der Waals surface area contributed by atoms with Crippen molar-refractivity contribution in [2.75, 3.05) is 39.3 Å². The number of halogens is 1. The zero-order valence-corrected chi connectivity index (χ0v) is 16.8. The van der Waals surface area contributed by atoms with Gasteiger partial charge in [-0.25, -0.2) is 0 Å². The monoisotopic (exact) mass is 433 g/mol. The minimum absolute atomic E-state index is 0. The van der Waals surface area contributed by atoms with Crippen molar-refractivity contribution < 1.29 is 0 Å². The molecule has 0 aliphatic carbocycles. The van der Waals surface area contributed by atoms with Crippen molar-refractivity contribution in [1.82, 2.24) is 20.1 Å². The van der Waals surface area contributed by atoms with Gasteiger partial charge in [-0.05, 0) is 50.9 Å². The summed E-state index contributed by atoms with van der Waals surface area (Å²) < 4.78 is 2.17. The molecule has 23 heavy (non-hydrogen) atoms. The maximum atomic E-state index is 4.73. The Labute approximate surface area is 157 Å². The molecule has 1 aliphatic heterocycles. The summed E-state index contributed by atoms with van der Waals surface area (Å²) >= 11 is 0. The Bertz CT molecular complexity index is 426. The van der Waals surface area contributed by atoms with Gasteiger partial charge < -0.3 is 20.1 Å². The molecule has 1 unspecified atom stereocenters. The van der Waals surface area contributed by atoms with E-state index >= 15 is 0 Å². The lowest BCUT2D eigenvalue weighted by atomic mass is 10.2. The first-order valence-electron chi connectivity index (χ1n) is 8.63. The average molecular weight is 433 g/mol. The molecule has 0 saturated carbocycles. The number of rotatable bonds is 8. The molecule has 0 aromatic carbocycles. The SMILES string of the molecule is CCNC(=NCC(C)CN1CCCC1)NCCn1cccc1.I. The fraction of sp³-hybridized carbons (Fsp3) is 0.706. The molecule has 132 valence electrons. The molecule has 5 nitrogen and oxygen atoms in total. The van der Waals surface area contributed by atoms with Gasteiger partial charge in [0, 0.05) is 45.1 Å². The molecule has 1 fully saturated rings. The van der Waals surface area contributed by atoms with E-state index in [0.29, 0.717) is 5.92 Å². The lowest BCUT2D eigenvalue weighted by Crippen LogP contribution is -2.39. The molecule has 0 radical (unpaired) electrons. The van der Waals surface area contributed by atoms with Crippen LogP contribution in [0.25, 0.3) is 0 Å². The third kappa shape index (κ3) is 8.06. The number of likely N-dealkylation sites (tertiary alicyclic amines) is 1. The highest BCUT2D eigenvalue weighted by molar-refractivity contribution is 14.0. The maximum Gasteiger partial charge on any atom is 0.191 e. The molecule has 1 atom stereocenters. The van der Waals surface area contributed by atoms with E-state index in [1.54, 1.807) is 0 Å². The second-order valence-corrected chi connectivity index (χ2v) is 6.18. The zero-order valence-electron chi connectivity index (χ0n) is 14.5. The van der Waals surface area contributed by atoms with Gasteiger partial charge in [0.1, 0.15) is 0 Å². The van der Waals surface area contributed by atoms with Gasteiger partial charge in [0.25, 0.3) is 0 Å². The number of aromatic nitrogens is 1. The smallest absolute Gasteiger partial charge is 0.191 e. The van der Waals surface area contributed by atoms with Crippen LogP contribution < -0.4 is 10.6 Å². The van der Waals surface area contributed by atoms with Gasteiger partial charge >= 0.3 is 0 Å². The van der Waals surface area contributed by atoms with Crippen molar-refractivity contribution in [3.8, 4) is 0 Å². The van der Waals surface area contributed by atoms with E-state index in [2.05, 4.69) is 58.5 Å². The second-order valence-electron chi connectivity index (χ2n) is 6.18. The molecule has 1 aliphatic rings. The van der Waals surface area contributed by atoms with Gasteiger partial charge in [-0.15, -0.1) is 24.0 Å². The van der Waals surface area contributed by atoms with Gasteiger partial charge in [0.05, 0.1) is 0 Å². The van der Waals surface area contributed by atoms with E-state index in [-0.39, 0.29) is 24.0 Å². The van der Waals surface area contributed by atoms with Crippen molar-refractivity contribution in [3.63, 3.8) is 0 Å². The predicted octanol–water partition coefficient (Wildman–Crippen LogP) is 2.39. The van der Waals surface area contributed by atoms with E-state index in [4.69, 9.17) is 4.99 Å². The van der Waals surface area contributed by atoms with Crippen molar-refractivity contribution in [2.24, 2.45) is 10.9 Å². The summed E-state index contributed by atoms with van der Waals surface area (Å²) in [6.07, 6.45) is 6.90. The Morgan fingerprint density at radius 1 is 1.17 bits per heavy atom. The van der Waals surface area contributed by atoms with Crippen LogP contribution in [0.3, 0.4) is 0 Å². The minimum Gasteiger partial charge on any atom is -0.357 e. The third-order valence-corrected chi connectivity index (χ3v) is 4.00. The summed E-state index contributed by atoms with van der Waals surface area (Å²) in [5.74, 6) is 1.54. The van der Waals surface area contributed by atoms with Gasteiger partial charge in [-0.2, -0.15) is 0 Å². The summed E-state index contributed by atoms with van der Waals surface area (Å²) in [5, 5.41) is 6.74. The molecular formula is C17H32IN5. The van der Waals surface area contributed by atoms with Crippen LogP contribution in [0.15, 0.2) is 29.5 Å². The van der Waals surface area contributed by atoms with E-state index in [1.807, 2.05) is 0 Å². The summed E-state index contributed by atoms with van der Waals surface area (Å²) in [6, 6.07) is 4.11. The fourth-order valence-corrected chi connectivity index (χ4v) is 2.88. The number of hydrogen-bond acceptors (Lipinski definition) is 2. The summed E-state index contributed by atoms with van der Waals surface area (Å²) in [6.45, 7) is 11.7. The Morgan fingerprint density at radius 2 is 1.87 bits per heavy atom. The Hall–Kier alpha value is -0.760. The van der Waals surface area contributed by atoms with Gasteiger partial charge in [-0.1, -0.05) is 6.92 Å². The van der Waals surface area contributed by atoms with Crippen LogP contribution in [0.1, 0.15) is 26.7 Å². The number of hydrogen-bond donors (Lipinski definition) is 2. The van der Waals surface area contributed by atoms with Gasteiger partial charge in [0.15, 0.2) is 5.96 Å². The number of aliphatic imine (C=N–C) groups is 1. The zero-order chi connectivity index (χ0) is 15.6. The lowest BCUT2D eigenvalue weighted by Gasteiger charge is -2.19. The standard InChI is InChI=1S/C17H31N5.HI/c1-3-18-17(19-8-13-21-9-4-5-10-21)20-14-16(2)15-22-11-6-7-12-22;/h4-5,9-10,16H,3,6-8,11-15H2,1-2H3,(H2,18,19,20);1H. The van der Waals surface area contributed by atoms with Crippen molar-refractivity contribution in [1.29, 1.82) is 0 Å². The molecule has 2 N–H and O–H groups in total. The van der Waals surface area contributed by atoms with Crippen LogP contribution in [-0.2, 0) is 6.54 Å². The predicted molar refractivity (Wildman–Crippen MR) is 109 cm³/mol. The lowest BCUT2D eigenvalue weighted by molar-refractivity contribution is 0.291.